The van der Waals surface area contributed by atoms with E-state index in [1.807, 2.05) is 29.9 Å². The molecule has 3 heteroatoms. The van der Waals surface area contributed by atoms with Crippen molar-refractivity contribution in [2.45, 2.75) is 24.5 Å². The minimum absolute atomic E-state index is 0.204. The summed E-state index contributed by atoms with van der Waals surface area (Å²) in [6.45, 7) is 0. The summed E-state index contributed by atoms with van der Waals surface area (Å²) in [6, 6.07) is 4.00. The molecule has 0 unspecified atom stereocenters. The summed E-state index contributed by atoms with van der Waals surface area (Å²) >= 11 is 0. The van der Waals surface area contributed by atoms with Crippen molar-refractivity contribution in [3.05, 3.63) is 24.0 Å². The highest BCUT2D eigenvalue weighted by Crippen LogP contribution is 2.38. The van der Waals surface area contributed by atoms with Crippen LogP contribution in [-0.4, -0.2) is 15.8 Å². The van der Waals surface area contributed by atoms with Gasteiger partial charge in [-0.25, -0.2) is 0 Å². The van der Waals surface area contributed by atoms with Crippen LogP contribution in [0.4, 0.5) is 0 Å². The number of rotatable bonds is 1. The number of aliphatic hydroxyl groups excluding tert-OH is 1. The van der Waals surface area contributed by atoms with E-state index in [0.29, 0.717) is 12.8 Å². The maximum absolute atomic E-state index is 9.18. The van der Waals surface area contributed by atoms with Crippen molar-refractivity contribution in [3.63, 3.8) is 0 Å². The van der Waals surface area contributed by atoms with Crippen LogP contribution in [0.5, 0.6) is 0 Å². The highest BCUT2D eigenvalue weighted by Gasteiger charge is 2.42. The number of hydrogen-bond acceptors (Lipinski definition) is 2. The largest absolute Gasteiger partial charge is 0.393 e. The van der Waals surface area contributed by atoms with Gasteiger partial charge in [0.1, 0.15) is 0 Å². The first kappa shape index (κ1) is 7.83. The lowest BCUT2D eigenvalue weighted by Gasteiger charge is -2.42. The van der Waals surface area contributed by atoms with E-state index in [1.165, 1.54) is 0 Å². The third-order valence-electron chi connectivity index (χ3n) is 2.65. The molecule has 0 saturated heterocycles. The van der Waals surface area contributed by atoms with E-state index in [9.17, 15) is 5.11 Å². The summed E-state index contributed by atoms with van der Waals surface area (Å²) in [4.78, 5) is 0. The van der Waals surface area contributed by atoms with Crippen LogP contribution in [0.3, 0.4) is 0 Å². The fraction of sp³-hybridized carbons (Fsp3) is 0.556. The van der Waals surface area contributed by atoms with Crippen LogP contribution in [0.25, 0.3) is 0 Å². The summed E-state index contributed by atoms with van der Waals surface area (Å²) in [7, 11) is 1.98. The molecular formula is C9H14N2O. The van der Waals surface area contributed by atoms with Crippen molar-refractivity contribution >= 4 is 0 Å². The van der Waals surface area contributed by atoms with E-state index < -0.39 is 0 Å². The summed E-state index contributed by atoms with van der Waals surface area (Å²) in [5.74, 6) is 0. The molecule has 2 rings (SSSR count). The van der Waals surface area contributed by atoms with Crippen molar-refractivity contribution < 1.29 is 5.11 Å². The highest BCUT2D eigenvalue weighted by molar-refractivity contribution is 5.22. The summed E-state index contributed by atoms with van der Waals surface area (Å²) in [5.41, 5.74) is 6.92. The van der Waals surface area contributed by atoms with Gasteiger partial charge in [-0.2, -0.15) is 0 Å². The third-order valence-corrected chi connectivity index (χ3v) is 2.65. The van der Waals surface area contributed by atoms with Gasteiger partial charge in [0.2, 0.25) is 0 Å². The van der Waals surface area contributed by atoms with Crippen LogP contribution >= 0.6 is 0 Å². The van der Waals surface area contributed by atoms with E-state index in [0.717, 1.165) is 5.69 Å². The lowest BCUT2D eigenvalue weighted by Crippen LogP contribution is -2.52. The summed E-state index contributed by atoms with van der Waals surface area (Å²) < 4.78 is 2.02. The van der Waals surface area contributed by atoms with Crippen LogP contribution < -0.4 is 5.73 Å². The zero-order chi connectivity index (χ0) is 8.77. The highest BCUT2D eigenvalue weighted by atomic mass is 16.3. The Morgan fingerprint density at radius 1 is 1.67 bits per heavy atom. The number of hydrogen-bond donors (Lipinski definition) is 2. The molecule has 1 fully saturated rings. The Morgan fingerprint density at radius 2 is 2.33 bits per heavy atom. The second-order valence-electron chi connectivity index (χ2n) is 3.72. The molecule has 0 radical (unpaired) electrons. The average molecular weight is 166 g/mol. The molecule has 1 aromatic rings. The third kappa shape index (κ3) is 0.974. The molecule has 66 valence electrons. The SMILES string of the molecule is Cn1cccc1C1(N)CC(O)C1. The molecule has 12 heavy (non-hydrogen) atoms. The fourth-order valence-corrected chi connectivity index (χ4v) is 1.97. The van der Waals surface area contributed by atoms with Gasteiger partial charge in [-0.05, 0) is 25.0 Å². The van der Waals surface area contributed by atoms with Gasteiger partial charge >= 0.3 is 0 Å². The molecule has 3 N–H and O–H groups in total. The zero-order valence-electron chi connectivity index (χ0n) is 7.20. The quantitative estimate of drug-likeness (QED) is 0.632. The van der Waals surface area contributed by atoms with Gasteiger partial charge in [-0.15, -0.1) is 0 Å². The molecule has 0 aromatic carbocycles. The molecule has 0 amide bonds. The van der Waals surface area contributed by atoms with E-state index >= 15 is 0 Å². The first-order chi connectivity index (χ1) is 5.62. The normalized spacial score (nSPS) is 34.8. The summed E-state index contributed by atoms with van der Waals surface area (Å²) in [6.07, 6.45) is 3.15. The van der Waals surface area contributed by atoms with Gasteiger partial charge in [0, 0.05) is 18.9 Å². The van der Waals surface area contributed by atoms with E-state index in [-0.39, 0.29) is 11.6 Å². The van der Waals surface area contributed by atoms with Crippen molar-refractivity contribution in [1.29, 1.82) is 0 Å². The Balaban J connectivity index is 2.26. The number of nitrogens with zero attached hydrogens (tertiary/aromatic N) is 1. The Bertz CT molecular complexity index is 286. The predicted molar refractivity (Wildman–Crippen MR) is 46.5 cm³/mol. The maximum atomic E-state index is 9.18. The minimum Gasteiger partial charge on any atom is -0.393 e. The Kier molecular flexibility index (Phi) is 1.53. The smallest absolute Gasteiger partial charge is 0.0612 e. The zero-order valence-corrected chi connectivity index (χ0v) is 7.20. The van der Waals surface area contributed by atoms with Crippen molar-refractivity contribution in [2.24, 2.45) is 12.8 Å². The number of aryl methyl sites for hydroxylation is 1. The van der Waals surface area contributed by atoms with Crippen molar-refractivity contribution in [2.75, 3.05) is 0 Å². The molecular weight excluding hydrogens is 152 g/mol. The molecule has 0 aliphatic heterocycles. The molecule has 0 atom stereocenters. The topological polar surface area (TPSA) is 51.2 Å². The van der Waals surface area contributed by atoms with E-state index in [2.05, 4.69) is 0 Å². The molecule has 0 spiro atoms. The minimum atomic E-state index is -0.280. The van der Waals surface area contributed by atoms with Gasteiger partial charge in [-0.3, -0.25) is 0 Å². The van der Waals surface area contributed by atoms with Gasteiger partial charge in [0.15, 0.2) is 0 Å². The van der Waals surface area contributed by atoms with E-state index in [4.69, 9.17) is 5.73 Å². The standard InChI is InChI=1S/C9H14N2O/c1-11-4-2-3-8(11)9(10)5-7(12)6-9/h2-4,7,12H,5-6,10H2,1H3. The van der Waals surface area contributed by atoms with Gasteiger partial charge in [0.25, 0.3) is 0 Å². The van der Waals surface area contributed by atoms with Crippen molar-refractivity contribution in [1.82, 2.24) is 4.57 Å². The first-order valence-electron chi connectivity index (χ1n) is 4.20. The van der Waals surface area contributed by atoms with Gasteiger partial charge in [-0.1, -0.05) is 0 Å². The van der Waals surface area contributed by atoms with Crippen LogP contribution in [0.2, 0.25) is 0 Å². The Morgan fingerprint density at radius 3 is 2.75 bits per heavy atom. The number of nitrogens with two attached hydrogens (primary N) is 1. The van der Waals surface area contributed by atoms with E-state index in [1.54, 1.807) is 0 Å². The fourth-order valence-electron chi connectivity index (χ4n) is 1.97. The second-order valence-corrected chi connectivity index (χ2v) is 3.72. The average Bonchev–Trinajstić information content (AvgIpc) is 2.32. The second kappa shape index (κ2) is 2.34. The molecule has 1 aromatic heterocycles. The number of aliphatic hydroxyl groups is 1. The Labute approximate surface area is 71.8 Å². The van der Waals surface area contributed by atoms with Crippen LogP contribution in [0, 0.1) is 0 Å². The first-order valence-corrected chi connectivity index (χ1v) is 4.20. The van der Waals surface area contributed by atoms with Gasteiger partial charge in [0.05, 0.1) is 11.6 Å². The predicted octanol–water partition coefficient (Wildman–Crippen LogP) is 0.334. The molecule has 1 aliphatic carbocycles. The van der Waals surface area contributed by atoms with Crippen LogP contribution in [0.1, 0.15) is 18.5 Å². The van der Waals surface area contributed by atoms with Gasteiger partial charge < -0.3 is 15.4 Å². The monoisotopic (exact) mass is 166 g/mol. The van der Waals surface area contributed by atoms with Crippen LogP contribution in [-0.2, 0) is 12.6 Å². The lowest BCUT2D eigenvalue weighted by molar-refractivity contribution is 0.0175. The molecule has 1 aliphatic rings. The summed E-state index contributed by atoms with van der Waals surface area (Å²) in [5, 5.41) is 9.18. The molecule has 3 nitrogen and oxygen atoms in total. The lowest BCUT2D eigenvalue weighted by atomic mass is 9.73. The number of aromatic nitrogens is 1. The maximum Gasteiger partial charge on any atom is 0.0612 e. The Hall–Kier alpha value is -0.800. The molecule has 1 heterocycles. The van der Waals surface area contributed by atoms with Crippen LogP contribution in [0.15, 0.2) is 18.3 Å². The molecule has 1 saturated carbocycles. The van der Waals surface area contributed by atoms with Crippen molar-refractivity contribution in [3.8, 4) is 0 Å². The molecule has 0 bridgehead atoms.